The summed E-state index contributed by atoms with van der Waals surface area (Å²) in [4.78, 5) is 21.9. The minimum Gasteiger partial charge on any atom is -0.420 e. The smallest absolute Gasteiger partial charge is 0.417 e. The molecule has 1 atom stereocenters. The van der Waals surface area contributed by atoms with E-state index < -0.39 is 30.5 Å². The zero-order valence-electron chi connectivity index (χ0n) is 17.8. The maximum absolute atomic E-state index is 12.6. The van der Waals surface area contributed by atoms with Crippen molar-refractivity contribution in [1.82, 2.24) is 25.1 Å². The molecule has 0 spiro atoms. The molecule has 10 nitrogen and oxygen atoms in total. The highest BCUT2D eigenvalue weighted by molar-refractivity contribution is 6.32. The molecule has 14 heteroatoms. The third kappa shape index (κ3) is 5.58. The predicted molar refractivity (Wildman–Crippen MR) is 116 cm³/mol. The van der Waals surface area contributed by atoms with Gasteiger partial charge < -0.3 is 19.5 Å². The van der Waals surface area contributed by atoms with Crippen LogP contribution in [0.4, 0.5) is 23.8 Å². The number of carbonyl (C=O) groups excluding carboxylic acids is 1. The molecule has 3 N–H and O–H groups in total. The summed E-state index contributed by atoms with van der Waals surface area (Å²) in [6.45, 7) is 0.0738. The second-order valence-electron chi connectivity index (χ2n) is 7.48. The van der Waals surface area contributed by atoms with Gasteiger partial charge in [0, 0.05) is 31.0 Å². The third-order valence-corrected chi connectivity index (χ3v) is 5.44. The van der Waals surface area contributed by atoms with Crippen molar-refractivity contribution in [3.63, 3.8) is 0 Å². The van der Waals surface area contributed by atoms with Crippen LogP contribution in [0.3, 0.4) is 0 Å². The van der Waals surface area contributed by atoms with E-state index in [2.05, 4.69) is 25.5 Å². The zero-order chi connectivity index (χ0) is 25.2. The van der Waals surface area contributed by atoms with Gasteiger partial charge in [-0.25, -0.2) is 9.78 Å². The van der Waals surface area contributed by atoms with E-state index in [0.717, 1.165) is 17.7 Å². The first-order chi connectivity index (χ1) is 16.7. The Balaban J connectivity index is 1.39. The van der Waals surface area contributed by atoms with E-state index >= 15 is 0 Å². The summed E-state index contributed by atoms with van der Waals surface area (Å²) in [5, 5.41) is 29.4. The molecule has 1 unspecified atom stereocenters. The zero-order valence-corrected chi connectivity index (χ0v) is 18.6. The Bertz CT molecular complexity index is 1250. The molecule has 0 bridgehead atoms. The van der Waals surface area contributed by atoms with Gasteiger partial charge in [0.05, 0.1) is 16.3 Å². The standard InChI is InChI=1S/C21H18ClF3N6O4/c22-14-7-12(18(33)19-30-29-16(10-32)35-19)8-27-17(14)11-3-5-31(6-4-11)20(34)28-15-2-1-13(9-26-15)21(23,24)25/h1-3,7-9,18,32-33H,4-6,10H2,(H,26,28,34). The Hall–Kier alpha value is -3.55. The number of aromatic nitrogens is 4. The molecule has 0 saturated carbocycles. The van der Waals surface area contributed by atoms with Crippen molar-refractivity contribution < 1.29 is 32.6 Å². The number of nitrogens with one attached hydrogen (secondary N) is 1. The summed E-state index contributed by atoms with van der Waals surface area (Å²) in [6.07, 6.45) is -1.54. The number of aliphatic hydroxyl groups excluding tert-OH is 2. The van der Waals surface area contributed by atoms with Crippen LogP contribution in [0.15, 0.2) is 41.1 Å². The van der Waals surface area contributed by atoms with E-state index in [0.29, 0.717) is 30.4 Å². The van der Waals surface area contributed by atoms with Crippen LogP contribution in [0, 0.1) is 0 Å². The number of pyridine rings is 2. The lowest BCUT2D eigenvalue weighted by atomic mass is 10.0. The molecule has 35 heavy (non-hydrogen) atoms. The van der Waals surface area contributed by atoms with E-state index in [1.54, 1.807) is 6.08 Å². The Morgan fingerprint density at radius 2 is 2.06 bits per heavy atom. The largest absolute Gasteiger partial charge is 0.420 e. The molecule has 4 rings (SSSR count). The number of nitrogens with zero attached hydrogens (tertiary/aromatic N) is 5. The topological polar surface area (TPSA) is 138 Å². The van der Waals surface area contributed by atoms with E-state index in [4.69, 9.17) is 21.1 Å². The monoisotopic (exact) mass is 510 g/mol. The Morgan fingerprint density at radius 3 is 2.63 bits per heavy atom. The summed E-state index contributed by atoms with van der Waals surface area (Å²) in [5.41, 5.74) is 0.672. The SMILES string of the molecule is O=C(Nc1ccc(C(F)(F)F)cn1)N1CC=C(c2ncc(C(O)c3nnc(CO)o3)cc2Cl)CC1. The van der Waals surface area contributed by atoms with Crippen LogP contribution in [0.2, 0.25) is 5.02 Å². The van der Waals surface area contributed by atoms with Crippen LogP contribution in [0.25, 0.3) is 5.57 Å². The fraction of sp³-hybridized carbons (Fsp3) is 0.286. The van der Waals surface area contributed by atoms with Crippen LogP contribution < -0.4 is 5.32 Å². The average Bonchev–Trinajstić information content (AvgIpc) is 3.33. The van der Waals surface area contributed by atoms with Crippen LogP contribution in [-0.2, 0) is 12.8 Å². The molecule has 3 aromatic rings. The fourth-order valence-corrected chi connectivity index (χ4v) is 3.61. The van der Waals surface area contributed by atoms with Crippen LogP contribution in [0.5, 0.6) is 0 Å². The van der Waals surface area contributed by atoms with Gasteiger partial charge in [-0.1, -0.05) is 17.7 Å². The summed E-state index contributed by atoms with van der Waals surface area (Å²) < 4.78 is 43.1. The summed E-state index contributed by atoms with van der Waals surface area (Å²) >= 11 is 6.38. The maximum Gasteiger partial charge on any atom is 0.417 e. The molecule has 0 fully saturated rings. The normalized spacial score (nSPS) is 15.0. The molecule has 184 valence electrons. The van der Waals surface area contributed by atoms with Crippen molar-refractivity contribution in [2.75, 3.05) is 18.4 Å². The lowest BCUT2D eigenvalue weighted by Gasteiger charge is -2.26. The van der Waals surface area contributed by atoms with Crippen LogP contribution >= 0.6 is 11.6 Å². The van der Waals surface area contributed by atoms with Crippen molar-refractivity contribution in [2.45, 2.75) is 25.3 Å². The lowest BCUT2D eigenvalue weighted by Crippen LogP contribution is -2.38. The molecule has 1 aliphatic rings. The highest BCUT2D eigenvalue weighted by Crippen LogP contribution is 2.31. The molecule has 0 saturated heterocycles. The first kappa shape index (κ1) is 24.6. The first-order valence-corrected chi connectivity index (χ1v) is 10.6. The lowest BCUT2D eigenvalue weighted by molar-refractivity contribution is -0.137. The van der Waals surface area contributed by atoms with Crippen molar-refractivity contribution >= 4 is 29.0 Å². The maximum atomic E-state index is 12.6. The number of hydrogen-bond donors (Lipinski definition) is 3. The number of alkyl halides is 3. The highest BCUT2D eigenvalue weighted by atomic mass is 35.5. The average molecular weight is 511 g/mol. The van der Waals surface area contributed by atoms with E-state index in [-0.39, 0.29) is 29.2 Å². The molecule has 3 aromatic heterocycles. The second kappa shape index (κ2) is 9.98. The van der Waals surface area contributed by atoms with Gasteiger partial charge >= 0.3 is 12.2 Å². The molecule has 0 radical (unpaired) electrons. The number of aliphatic hydroxyl groups is 2. The van der Waals surface area contributed by atoms with Gasteiger partial charge in [-0.05, 0) is 30.2 Å². The fourth-order valence-electron chi connectivity index (χ4n) is 3.31. The van der Waals surface area contributed by atoms with Gasteiger partial charge in [0.1, 0.15) is 12.4 Å². The molecule has 0 aromatic carbocycles. The van der Waals surface area contributed by atoms with Gasteiger partial charge in [-0.15, -0.1) is 10.2 Å². The van der Waals surface area contributed by atoms with Gasteiger partial charge in [0.25, 0.3) is 0 Å². The minimum atomic E-state index is -4.51. The predicted octanol–water partition coefficient (Wildman–Crippen LogP) is 3.43. The summed E-state index contributed by atoms with van der Waals surface area (Å²) in [7, 11) is 0. The molecule has 1 aliphatic heterocycles. The molecular weight excluding hydrogens is 493 g/mol. The minimum absolute atomic E-state index is 0.00369. The van der Waals surface area contributed by atoms with E-state index in [1.165, 1.54) is 17.2 Å². The molecule has 0 aliphatic carbocycles. The van der Waals surface area contributed by atoms with Crippen molar-refractivity contribution in [1.29, 1.82) is 0 Å². The number of amides is 2. The number of rotatable bonds is 5. The first-order valence-electron chi connectivity index (χ1n) is 10.2. The highest BCUT2D eigenvalue weighted by Gasteiger charge is 2.31. The van der Waals surface area contributed by atoms with Crippen LogP contribution in [0.1, 0.15) is 41.1 Å². The van der Waals surface area contributed by atoms with Crippen LogP contribution in [-0.4, -0.2) is 54.4 Å². The number of anilines is 1. The second-order valence-corrected chi connectivity index (χ2v) is 7.89. The summed E-state index contributed by atoms with van der Waals surface area (Å²) in [5.74, 6) is -0.144. The van der Waals surface area contributed by atoms with Crippen molar-refractivity contribution in [3.05, 3.63) is 70.3 Å². The van der Waals surface area contributed by atoms with Gasteiger partial charge in [-0.3, -0.25) is 10.3 Å². The van der Waals surface area contributed by atoms with E-state index in [1.807, 2.05) is 0 Å². The number of hydrogen-bond acceptors (Lipinski definition) is 8. The van der Waals surface area contributed by atoms with Crippen molar-refractivity contribution in [3.8, 4) is 0 Å². The Morgan fingerprint density at radius 1 is 1.26 bits per heavy atom. The number of carbonyl (C=O) groups is 1. The Kier molecular flexibility index (Phi) is 7.00. The summed E-state index contributed by atoms with van der Waals surface area (Å²) in [6, 6.07) is 2.93. The third-order valence-electron chi connectivity index (χ3n) is 5.16. The number of halogens is 4. The molecular formula is C21H18ClF3N6O4. The van der Waals surface area contributed by atoms with E-state index in [9.17, 15) is 23.1 Å². The molecule has 2 amide bonds. The van der Waals surface area contributed by atoms with Gasteiger partial charge in [0.15, 0.2) is 6.10 Å². The van der Waals surface area contributed by atoms with Crippen molar-refractivity contribution in [2.24, 2.45) is 0 Å². The van der Waals surface area contributed by atoms with Gasteiger partial charge in [-0.2, -0.15) is 13.2 Å². The Labute approximate surface area is 201 Å². The molecule has 4 heterocycles. The quantitative estimate of drug-likeness (QED) is 0.475. The number of urea groups is 1. The van der Waals surface area contributed by atoms with Gasteiger partial charge in [0.2, 0.25) is 11.8 Å².